The summed E-state index contributed by atoms with van der Waals surface area (Å²) in [6.45, 7) is 0. The molecule has 0 saturated carbocycles. The molecule has 2 nitrogen and oxygen atoms in total. The molecule has 0 aliphatic rings. The first kappa shape index (κ1) is 11.0. The van der Waals surface area contributed by atoms with Gasteiger partial charge in [0.25, 0.3) is 0 Å². The summed E-state index contributed by atoms with van der Waals surface area (Å²) in [5.41, 5.74) is 2.68. The molecule has 4 heteroatoms. The Morgan fingerprint density at radius 1 is 0.941 bits per heavy atom. The van der Waals surface area contributed by atoms with E-state index in [1.165, 1.54) is 0 Å². The van der Waals surface area contributed by atoms with Gasteiger partial charge in [0.2, 0.25) is 0 Å². The fraction of sp³-hybridized carbons (Fsp3) is 0. The zero-order chi connectivity index (χ0) is 11.8. The molecular formula is C13H7Br2NO. The van der Waals surface area contributed by atoms with Crippen molar-refractivity contribution in [2.75, 3.05) is 0 Å². The molecule has 3 rings (SSSR count). The van der Waals surface area contributed by atoms with Crippen LogP contribution in [0.4, 0.5) is 0 Å². The quantitative estimate of drug-likeness (QED) is 0.614. The molecular weight excluding hydrogens is 346 g/mol. The van der Waals surface area contributed by atoms with E-state index >= 15 is 0 Å². The molecule has 0 aliphatic carbocycles. The molecule has 0 fully saturated rings. The Kier molecular flexibility index (Phi) is 2.76. The topological polar surface area (TPSA) is 26.0 Å². The molecule has 0 atom stereocenters. The van der Waals surface area contributed by atoms with E-state index in [0.29, 0.717) is 0 Å². The molecule has 0 N–H and O–H groups in total. The summed E-state index contributed by atoms with van der Waals surface area (Å²) < 4.78 is 7.30. The zero-order valence-electron chi connectivity index (χ0n) is 8.65. The van der Waals surface area contributed by atoms with E-state index in [9.17, 15) is 0 Å². The Morgan fingerprint density at radius 2 is 1.71 bits per heavy atom. The normalized spacial score (nSPS) is 10.9. The molecule has 2 aromatic carbocycles. The van der Waals surface area contributed by atoms with Crippen molar-refractivity contribution in [1.82, 2.24) is 5.16 Å². The Morgan fingerprint density at radius 3 is 2.47 bits per heavy atom. The van der Waals surface area contributed by atoms with Crippen LogP contribution in [0.1, 0.15) is 0 Å². The van der Waals surface area contributed by atoms with Crippen molar-refractivity contribution in [3.05, 3.63) is 51.4 Å². The number of hydrogen-bond donors (Lipinski definition) is 0. The van der Waals surface area contributed by atoms with Crippen molar-refractivity contribution in [2.45, 2.75) is 0 Å². The van der Waals surface area contributed by atoms with Gasteiger partial charge >= 0.3 is 0 Å². The summed E-state index contributed by atoms with van der Waals surface area (Å²) in [5, 5.41) is 5.13. The molecule has 0 radical (unpaired) electrons. The van der Waals surface area contributed by atoms with Crippen LogP contribution in [0.25, 0.3) is 22.2 Å². The third-order valence-corrected chi connectivity index (χ3v) is 4.59. The van der Waals surface area contributed by atoms with Gasteiger partial charge < -0.3 is 4.52 Å². The number of rotatable bonds is 1. The van der Waals surface area contributed by atoms with Crippen LogP contribution >= 0.6 is 31.9 Å². The molecule has 1 aromatic heterocycles. The monoisotopic (exact) mass is 351 g/mol. The van der Waals surface area contributed by atoms with Crippen molar-refractivity contribution < 1.29 is 4.52 Å². The number of aromatic nitrogens is 1. The first-order valence-electron chi connectivity index (χ1n) is 5.06. The van der Waals surface area contributed by atoms with Crippen LogP contribution in [0.15, 0.2) is 55.9 Å². The second kappa shape index (κ2) is 4.27. The molecule has 1 heterocycles. The fourth-order valence-corrected chi connectivity index (χ4v) is 2.61. The maximum Gasteiger partial charge on any atom is 0.168 e. The highest BCUT2D eigenvalue weighted by Crippen LogP contribution is 2.37. The van der Waals surface area contributed by atoms with Gasteiger partial charge in [-0.2, -0.15) is 0 Å². The molecule has 0 spiro atoms. The molecule has 0 aliphatic heterocycles. The van der Waals surface area contributed by atoms with Crippen LogP contribution < -0.4 is 0 Å². The van der Waals surface area contributed by atoms with E-state index in [-0.39, 0.29) is 0 Å². The van der Waals surface area contributed by atoms with Gasteiger partial charge in [-0.05, 0) is 44.0 Å². The minimum absolute atomic E-state index is 0.777. The lowest BCUT2D eigenvalue weighted by Crippen LogP contribution is -1.79. The first-order chi connectivity index (χ1) is 8.27. The third kappa shape index (κ3) is 1.81. The molecule has 0 bridgehead atoms. The smallest absolute Gasteiger partial charge is 0.168 e. The van der Waals surface area contributed by atoms with Gasteiger partial charge in [0, 0.05) is 14.5 Å². The van der Waals surface area contributed by atoms with Crippen molar-refractivity contribution in [3.8, 4) is 11.3 Å². The first-order valence-corrected chi connectivity index (χ1v) is 6.65. The number of hydrogen-bond acceptors (Lipinski definition) is 2. The van der Waals surface area contributed by atoms with E-state index in [4.69, 9.17) is 4.52 Å². The summed E-state index contributed by atoms with van der Waals surface area (Å²) in [5.74, 6) is 0. The largest absolute Gasteiger partial charge is 0.356 e. The summed E-state index contributed by atoms with van der Waals surface area (Å²) in [4.78, 5) is 0. The average molecular weight is 353 g/mol. The lowest BCUT2D eigenvalue weighted by atomic mass is 10.1. The van der Waals surface area contributed by atoms with Crippen molar-refractivity contribution >= 4 is 42.8 Å². The highest BCUT2D eigenvalue weighted by molar-refractivity contribution is 9.13. The third-order valence-electron chi connectivity index (χ3n) is 2.58. The van der Waals surface area contributed by atoms with Crippen LogP contribution in [-0.2, 0) is 0 Å². The van der Waals surface area contributed by atoms with Crippen LogP contribution in [0, 0.1) is 0 Å². The van der Waals surface area contributed by atoms with Crippen LogP contribution in [0.2, 0.25) is 0 Å². The summed E-state index contributed by atoms with van der Waals surface area (Å²) in [7, 11) is 0. The van der Waals surface area contributed by atoms with E-state index in [2.05, 4.69) is 37.0 Å². The predicted octanol–water partition coefficient (Wildman–Crippen LogP) is 5.02. The minimum Gasteiger partial charge on any atom is -0.356 e. The number of benzene rings is 2. The summed E-state index contributed by atoms with van der Waals surface area (Å²) in [6.07, 6.45) is 0. The Labute approximate surface area is 115 Å². The van der Waals surface area contributed by atoms with E-state index in [1.54, 1.807) is 0 Å². The zero-order valence-corrected chi connectivity index (χ0v) is 11.8. The molecule has 3 aromatic rings. The van der Waals surface area contributed by atoms with Gasteiger partial charge in [0.05, 0.1) is 5.39 Å². The lowest BCUT2D eigenvalue weighted by molar-refractivity contribution is 0.459. The van der Waals surface area contributed by atoms with Gasteiger partial charge in [-0.1, -0.05) is 35.5 Å². The number of fused-ring (bicyclic) bond motifs is 1. The predicted molar refractivity (Wildman–Crippen MR) is 74.8 cm³/mol. The number of halogens is 2. The lowest BCUT2D eigenvalue weighted by Gasteiger charge is -1.99. The molecule has 0 saturated heterocycles. The van der Waals surface area contributed by atoms with Crippen LogP contribution in [-0.4, -0.2) is 5.16 Å². The molecule has 84 valence electrons. The van der Waals surface area contributed by atoms with Crippen LogP contribution in [0.5, 0.6) is 0 Å². The van der Waals surface area contributed by atoms with Crippen LogP contribution in [0.3, 0.4) is 0 Å². The highest BCUT2D eigenvalue weighted by atomic mass is 79.9. The van der Waals surface area contributed by atoms with E-state index in [1.807, 2.05) is 42.5 Å². The van der Waals surface area contributed by atoms with Crippen molar-refractivity contribution in [3.63, 3.8) is 0 Å². The maximum atomic E-state index is 5.34. The summed E-state index contributed by atoms with van der Waals surface area (Å²) >= 11 is 7.05. The second-order valence-corrected chi connectivity index (χ2v) is 5.28. The van der Waals surface area contributed by atoms with E-state index in [0.717, 1.165) is 31.2 Å². The Hall–Kier alpha value is -1.13. The Balaban J connectivity index is 2.35. The maximum absolute atomic E-state index is 5.34. The summed E-state index contributed by atoms with van der Waals surface area (Å²) in [6, 6.07) is 13.8. The fourth-order valence-electron chi connectivity index (χ4n) is 1.76. The molecule has 0 unspecified atom stereocenters. The molecule has 17 heavy (non-hydrogen) atoms. The minimum atomic E-state index is 0.777. The molecule has 0 amide bonds. The second-order valence-electron chi connectivity index (χ2n) is 3.63. The van der Waals surface area contributed by atoms with Gasteiger partial charge in [0.1, 0.15) is 5.69 Å². The SMILES string of the molecule is Brc1ccc2onc(-c3ccccc3)c2c1Br. The van der Waals surface area contributed by atoms with Gasteiger partial charge in [0.15, 0.2) is 5.58 Å². The van der Waals surface area contributed by atoms with E-state index < -0.39 is 0 Å². The van der Waals surface area contributed by atoms with Gasteiger partial charge in [-0.15, -0.1) is 0 Å². The standard InChI is InChI=1S/C13H7Br2NO/c14-9-6-7-10-11(12(9)15)13(16-17-10)8-4-2-1-3-5-8/h1-7H. The number of nitrogens with zero attached hydrogens (tertiary/aromatic N) is 1. The van der Waals surface area contributed by atoms with Gasteiger partial charge in [-0.25, -0.2) is 0 Å². The Bertz CT molecular complexity index is 676. The highest BCUT2D eigenvalue weighted by Gasteiger charge is 2.14. The van der Waals surface area contributed by atoms with Crippen molar-refractivity contribution in [1.29, 1.82) is 0 Å². The van der Waals surface area contributed by atoms with Gasteiger partial charge in [-0.3, -0.25) is 0 Å². The average Bonchev–Trinajstić information content (AvgIpc) is 2.79. The van der Waals surface area contributed by atoms with Crippen molar-refractivity contribution in [2.24, 2.45) is 0 Å².